The molecule has 1 aromatic carbocycles. The van der Waals surface area contributed by atoms with E-state index in [1.807, 2.05) is 30.3 Å². The first-order valence-corrected chi connectivity index (χ1v) is 8.85. The Morgan fingerprint density at radius 3 is 2.68 bits per heavy atom. The first-order valence-electron chi connectivity index (χ1n) is 8.85. The average Bonchev–Trinajstić information content (AvgIpc) is 3.17. The highest BCUT2D eigenvalue weighted by Gasteiger charge is 2.26. The standard InChI is InChI=1S/C21H24N4O3/c1-4-9-16(2)20-18(15-25(23-20)17-10-6-5-7-11-17)21(27)24(19(26)14-22)12-8-13-28-3/h1,5-7,9-11,15H,8,12-14,22H2,2-3H3/b16-9+. The van der Waals surface area contributed by atoms with E-state index in [1.165, 1.54) is 6.08 Å². The van der Waals surface area contributed by atoms with Gasteiger partial charge in [-0.05, 0) is 37.1 Å². The molecule has 0 spiro atoms. The molecule has 0 atom stereocenters. The molecule has 0 bridgehead atoms. The van der Waals surface area contributed by atoms with Crippen LogP contribution in [0.1, 0.15) is 29.4 Å². The number of hydrogen-bond donors (Lipinski definition) is 1. The normalized spacial score (nSPS) is 11.1. The predicted octanol–water partition coefficient (Wildman–Crippen LogP) is 1.87. The highest BCUT2D eigenvalue weighted by molar-refractivity contribution is 6.07. The van der Waals surface area contributed by atoms with Crippen LogP contribution in [-0.2, 0) is 9.53 Å². The molecule has 1 aromatic heterocycles. The number of aromatic nitrogens is 2. The van der Waals surface area contributed by atoms with Gasteiger partial charge in [-0.3, -0.25) is 14.5 Å². The summed E-state index contributed by atoms with van der Waals surface area (Å²) in [7, 11) is 1.56. The zero-order valence-corrected chi connectivity index (χ0v) is 16.1. The SMILES string of the molecule is C#C/C=C(\C)c1nn(-c2ccccc2)cc1C(=O)N(CCCOC)C(=O)CN. The van der Waals surface area contributed by atoms with Gasteiger partial charge in [0.25, 0.3) is 5.91 Å². The smallest absolute Gasteiger partial charge is 0.264 e. The van der Waals surface area contributed by atoms with E-state index in [2.05, 4.69) is 11.0 Å². The highest BCUT2D eigenvalue weighted by Crippen LogP contribution is 2.21. The monoisotopic (exact) mass is 380 g/mol. The van der Waals surface area contributed by atoms with Crippen molar-refractivity contribution in [2.45, 2.75) is 13.3 Å². The third-order valence-corrected chi connectivity index (χ3v) is 4.09. The number of imide groups is 1. The fraction of sp³-hybridized carbons (Fsp3) is 0.286. The summed E-state index contributed by atoms with van der Waals surface area (Å²) in [5, 5.41) is 4.52. The molecule has 0 aliphatic carbocycles. The minimum atomic E-state index is -0.464. The van der Waals surface area contributed by atoms with Gasteiger partial charge >= 0.3 is 0 Å². The van der Waals surface area contributed by atoms with Crippen molar-refractivity contribution in [3.63, 3.8) is 0 Å². The molecule has 0 saturated carbocycles. The number of benzene rings is 1. The second-order valence-corrected chi connectivity index (χ2v) is 6.07. The van der Waals surface area contributed by atoms with Crippen LogP contribution in [0, 0.1) is 12.3 Å². The van der Waals surface area contributed by atoms with Gasteiger partial charge in [0.15, 0.2) is 0 Å². The molecule has 146 valence electrons. The summed E-state index contributed by atoms with van der Waals surface area (Å²) in [6.45, 7) is 2.14. The molecule has 2 amide bonds. The molecule has 2 rings (SSSR count). The zero-order valence-electron chi connectivity index (χ0n) is 16.1. The highest BCUT2D eigenvalue weighted by atomic mass is 16.5. The summed E-state index contributed by atoms with van der Waals surface area (Å²) in [6, 6.07) is 9.37. The Morgan fingerprint density at radius 1 is 1.36 bits per heavy atom. The van der Waals surface area contributed by atoms with Gasteiger partial charge in [-0.2, -0.15) is 5.10 Å². The molecule has 0 aliphatic rings. The number of para-hydroxylation sites is 1. The lowest BCUT2D eigenvalue weighted by Gasteiger charge is -2.20. The summed E-state index contributed by atoms with van der Waals surface area (Å²) in [5.41, 5.74) is 7.65. The summed E-state index contributed by atoms with van der Waals surface area (Å²) in [4.78, 5) is 26.6. The first kappa shape index (κ1) is 21.1. The van der Waals surface area contributed by atoms with Crippen LogP contribution < -0.4 is 5.73 Å². The molecule has 1 heterocycles. The van der Waals surface area contributed by atoms with Crippen LogP contribution in [0.5, 0.6) is 0 Å². The molecular formula is C21H24N4O3. The van der Waals surface area contributed by atoms with E-state index in [0.717, 1.165) is 10.6 Å². The summed E-state index contributed by atoms with van der Waals surface area (Å²) < 4.78 is 6.61. The number of hydrogen-bond acceptors (Lipinski definition) is 5. The number of amides is 2. The van der Waals surface area contributed by atoms with Gasteiger partial charge in [-0.15, -0.1) is 6.42 Å². The van der Waals surface area contributed by atoms with Crippen molar-refractivity contribution >= 4 is 17.4 Å². The second-order valence-electron chi connectivity index (χ2n) is 6.07. The quantitative estimate of drug-likeness (QED) is 0.558. The molecule has 0 unspecified atom stereocenters. The molecule has 7 heteroatoms. The Labute approximate surface area is 164 Å². The van der Waals surface area contributed by atoms with E-state index in [-0.39, 0.29) is 18.7 Å². The van der Waals surface area contributed by atoms with Crippen molar-refractivity contribution in [1.82, 2.24) is 14.7 Å². The Kier molecular flexibility index (Phi) is 7.69. The van der Waals surface area contributed by atoms with Crippen LogP contribution in [0.4, 0.5) is 0 Å². The largest absolute Gasteiger partial charge is 0.385 e. The van der Waals surface area contributed by atoms with Crippen molar-refractivity contribution in [3.8, 4) is 18.0 Å². The van der Waals surface area contributed by atoms with Crippen molar-refractivity contribution in [2.75, 3.05) is 26.8 Å². The van der Waals surface area contributed by atoms with E-state index in [1.54, 1.807) is 24.9 Å². The average molecular weight is 380 g/mol. The molecule has 0 radical (unpaired) electrons. The molecule has 7 nitrogen and oxygen atoms in total. The van der Waals surface area contributed by atoms with E-state index < -0.39 is 11.8 Å². The number of rotatable bonds is 8. The number of nitrogens with zero attached hydrogens (tertiary/aromatic N) is 3. The topological polar surface area (TPSA) is 90.5 Å². The van der Waals surface area contributed by atoms with Crippen LogP contribution in [0.15, 0.2) is 42.6 Å². The number of terminal acetylenes is 1. The van der Waals surface area contributed by atoms with Gasteiger partial charge in [0, 0.05) is 26.5 Å². The van der Waals surface area contributed by atoms with Gasteiger partial charge < -0.3 is 10.5 Å². The molecule has 0 aliphatic heterocycles. The minimum Gasteiger partial charge on any atom is -0.385 e. The lowest BCUT2D eigenvalue weighted by Crippen LogP contribution is -2.41. The second kappa shape index (κ2) is 10.2. The van der Waals surface area contributed by atoms with E-state index in [9.17, 15) is 9.59 Å². The molecular weight excluding hydrogens is 356 g/mol. The Hall–Kier alpha value is -3.21. The Morgan fingerprint density at radius 2 is 2.07 bits per heavy atom. The third kappa shape index (κ3) is 4.94. The number of ether oxygens (including phenoxy) is 1. The van der Waals surface area contributed by atoms with E-state index in [4.69, 9.17) is 16.9 Å². The van der Waals surface area contributed by atoms with Crippen LogP contribution >= 0.6 is 0 Å². The maximum atomic E-state index is 13.2. The lowest BCUT2D eigenvalue weighted by atomic mass is 10.1. The third-order valence-electron chi connectivity index (χ3n) is 4.09. The molecule has 2 N–H and O–H groups in total. The fourth-order valence-corrected chi connectivity index (χ4v) is 2.69. The lowest BCUT2D eigenvalue weighted by molar-refractivity contribution is -0.127. The van der Waals surface area contributed by atoms with Gasteiger partial charge in [0.05, 0.1) is 17.8 Å². The van der Waals surface area contributed by atoms with E-state index >= 15 is 0 Å². The predicted molar refractivity (Wildman–Crippen MR) is 108 cm³/mol. The summed E-state index contributed by atoms with van der Waals surface area (Å²) in [6.07, 6.45) is 9.03. The van der Waals surface area contributed by atoms with Crippen molar-refractivity contribution in [3.05, 3.63) is 53.9 Å². The number of allylic oxidation sites excluding steroid dienone is 2. The van der Waals surface area contributed by atoms with Gasteiger partial charge in [0.1, 0.15) is 5.69 Å². The summed E-state index contributed by atoms with van der Waals surface area (Å²) in [5.74, 6) is 1.52. The first-order chi connectivity index (χ1) is 13.5. The van der Waals surface area contributed by atoms with Crippen molar-refractivity contribution < 1.29 is 14.3 Å². The number of carbonyl (C=O) groups excluding carboxylic acids is 2. The van der Waals surface area contributed by atoms with Gasteiger partial charge in [-0.1, -0.05) is 24.1 Å². The fourth-order valence-electron chi connectivity index (χ4n) is 2.69. The van der Waals surface area contributed by atoms with Crippen molar-refractivity contribution in [1.29, 1.82) is 0 Å². The molecule has 2 aromatic rings. The van der Waals surface area contributed by atoms with E-state index in [0.29, 0.717) is 24.3 Å². The molecule has 0 fully saturated rings. The van der Waals surface area contributed by atoms with Crippen LogP contribution in [0.2, 0.25) is 0 Å². The summed E-state index contributed by atoms with van der Waals surface area (Å²) >= 11 is 0. The maximum Gasteiger partial charge on any atom is 0.264 e. The van der Waals surface area contributed by atoms with Crippen LogP contribution in [0.3, 0.4) is 0 Å². The maximum absolute atomic E-state index is 13.2. The zero-order chi connectivity index (χ0) is 20.5. The van der Waals surface area contributed by atoms with Crippen LogP contribution in [-0.4, -0.2) is 53.3 Å². The van der Waals surface area contributed by atoms with Gasteiger partial charge in [-0.25, -0.2) is 4.68 Å². The Balaban J connectivity index is 2.49. The number of methoxy groups -OCH3 is 1. The minimum absolute atomic E-state index is 0.205. The van der Waals surface area contributed by atoms with Gasteiger partial charge in [0.2, 0.25) is 5.91 Å². The molecule has 28 heavy (non-hydrogen) atoms. The Bertz CT molecular complexity index is 894. The van der Waals surface area contributed by atoms with Crippen molar-refractivity contribution in [2.24, 2.45) is 5.73 Å². The number of nitrogens with two attached hydrogens (primary N) is 1. The molecule has 0 saturated heterocycles. The van der Waals surface area contributed by atoms with Crippen LogP contribution in [0.25, 0.3) is 11.3 Å². The number of carbonyl (C=O) groups is 2.